The molecule has 0 saturated carbocycles. The predicted octanol–water partition coefficient (Wildman–Crippen LogP) is 0.919. The predicted molar refractivity (Wildman–Crippen MR) is 64.8 cm³/mol. The van der Waals surface area contributed by atoms with Crippen molar-refractivity contribution in [3.8, 4) is 0 Å². The summed E-state index contributed by atoms with van der Waals surface area (Å²) < 4.78 is 21.8. The minimum atomic E-state index is -2.83. The molecule has 1 unspecified atom stereocenters. The molecule has 0 aliphatic rings. The van der Waals surface area contributed by atoms with Gasteiger partial charge in [-0.05, 0) is 18.7 Å². The molecular formula is C9H21NO2S2. The Balaban J connectivity index is 3.80. The topological polar surface area (TPSA) is 37.4 Å². The highest BCUT2D eigenvalue weighted by molar-refractivity contribution is 7.90. The van der Waals surface area contributed by atoms with Crippen LogP contribution in [-0.4, -0.2) is 51.2 Å². The molecule has 5 heteroatoms. The molecule has 1 atom stereocenters. The Labute approximate surface area is 93.2 Å². The standard InChI is InChI=1S/C9H21NO2S2/c1-4-9(8-13)7-10(2)5-6-14(3,11)12/h9,13H,4-8H2,1-3H3. The van der Waals surface area contributed by atoms with E-state index in [4.69, 9.17) is 0 Å². The van der Waals surface area contributed by atoms with E-state index in [1.165, 1.54) is 6.26 Å². The summed E-state index contributed by atoms with van der Waals surface area (Å²) in [7, 11) is -0.874. The van der Waals surface area contributed by atoms with Crippen molar-refractivity contribution in [3.05, 3.63) is 0 Å². The monoisotopic (exact) mass is 239 g/mol. The second-order valence-electron chi connectivity index (χ2n) is 3.85. The quantitative estimate of drug-likeness (QED) is 0.671. The average Bonchev–Trinajstić information content (AvgIpc) is 2.09. The molecule has 3 nitrogen and oxygen atoms in total. The second kappa shape index (κ2) is 6.69. The summed E-state index contributed by atoms with van der Waals surface area (Å²) in [5, 5.41) is 0. The Morgan fingerprint density at radius 3 is 2.36 bits per heavy atom. The van der Waals surface area contributed by atoms with Crippen molar-refractivity contribution in [2.45, 2.75) is 13.3 Å². The van der Waals surface area contributed by atoms with Crippen molar-refractivity contribution in [2.75, 3.05) is 37.9 Å². The summed E-state index contributed by atoms with van der Waals surface area (Å²) in [6.07, 6.45) is 2.36. The van der Waals surface area contributed by atoms with Gasteiger partial charge in [-0.2, -0.15) is 12.6 Å². The number of sulfone groups is 1. The molecule has 0 N–H and O–H groups in total. The van der Waals surface area contributed by atoms with Crippen LogP contribution in [0.25, 0.3) is 0 Å². The molecule has 14 heavy (non-hydrogen) atoms. The lowest BCUT2D eigenvalue weighted by Crippen LogP contribution is -2.30. The summed E-state index contributed by atoms with van der Waals surface area (Å²) in [5.74, 6) is 1.66. The fourth-order valence-corrected chi connectivity index (χ4v) is 2.19. The van der Waals surface area contributed by atoms with Gasteiger partial charge in [0.05, 0.1) is 5.75 Å². The molecule has 0 aromatic rings. The van der Waals surface area contributed by atoms with Gasteiger partial charge in [0.25, 0.3) is 0 Å². The molecule has 0 aliphatic carbocycles. The van der Waals surface area contributed by atoms with Crippen molar-refractivity contribution in [2.24, 2.45) is 5.92 Å². The van der Waals surface area contributed by atoms with Crippen LogP contribution in [0.15, 0.2) is 0 Å². The molecule has 0 bridgehead atoms. The van der Waals surface area contributed by atoms with E-state index in [1.54, 1.807) is 0 Å². The van der Waals surface area contributed by atoms with Gasteiger partial charge in [0.1, 0.15) is 9.84 Å². The van der Waals surface area contributed by atoms with Crippen LogP contribution in [0.5, 0.6) is 0 Å². The fourth-order valence-electron chi connectivity index (χ4n) is 1.17. The largest absolute Gasteiger partial charge is 0.305 e. The average molecular weight is 239 g/mol. The highest BCUT2D eigenvalue weighted by atomic mass is 32.2. The maximum Gasteiger partial charge on any atom is 0.148 e. The van der Waals surface area contributed by atoms with Gasteiger partial charge in [-0.15, -0.1) is 0 Å². The van der Waals surface area contributed by atoms with Gasteiger partial charge in [-0.3, -0.25) is 0 Å². The second-order valence-corrected chi connectivity index (χ2v) is 6.47. The van der Waals surface area contributed by atoms with Gasteiger partial charge >= 0.3 is 0 Å². The molecule has 0 aromatic heterocycles. The third-order valence-electron chi connectivity index (χ3n) is 2.25. The van der Waals surface area contributed by atoms with E-state index < -0.39 is 9.84 Å². The van der Waals surface area contributed by atoms with Crippen LogP contribution in [0.3, 0.4) is 0 Å². The number of nitrogens with zero attached hydrogens (tertiary/aromatic N) is 1. The van der Waals surface area contributed by atoms with Gasteiger partial charge in [0.15, 0.2) is 0 Å². The van der Waals surface area contributed by atoms with Gasteiger partial charge in [-0.25, -0.2) is 8.42 Å². The van der Waals surface area contributed by atoms with Crippen molar-refractivity contribution >= 4 is 22.5 Å². The number of rotatable bonds is 7. The summed E-state index contributed by atoms with van der Waals surface area (Å²) >= 11 is 4.25. The zero-order valence-corrected chi connectivity index (χ0v) is 10.9. The number of hydrogen-bond acceptors (Lipinski definition) is 4. The smallest absolute Gasteiger partial charge is 0.148 e. The zero-order chi connectivity index (χ0) is 11.2. The Bertz CT molecular complexity index is 235. The first kappa shape index (κ1) is 14.3. The zero-order valence-electron chi connectivity index (χ0n) is 9.23. The molecule has 0 heterocycles. The fraction of sp³-hybridized carbons (Fsp3) is 1.00. The minimum Gasteiger partial charge on any atom is -0.305 e. The molecule has 0 amide bonds. The van der Waals surface area contributed by atoms with E-state index in [9.17, 15) is 8.42 Å². The molecule has 0 radical (unpaired) electrons. The van der Waals surface area contributed by atoms with Crippen molar-refractivity contribution in [3.63, 3.8) is 0 Å². The van der Waals surface area contributed by atoms with Crippen LogP contribution >= 0.6 is 12.6 Å². The highest BCUT2D eigenvalue weighted by Crippen LogP contribution is 2.06. The first-order valence-corrected chi connectivity index (χ1v) is 7.55. The van der Waals surface area contributed by atoms with Crippen molar-refractivity contribution in [1.29, 1.82) is 0 Å². The van der Waals surface area contributed by atoms with Crippen molar-refractivity contribution in [1.82, 2.24) is 4.90 Å². The molecule has 0 spiro atoms. The first-order valence-electron chi connectivity index (χ1n) is 4.86. The Morgan fingerprint density at radius 2 is 2.00 bits per heavy atom. The van der Waals surface area contributed by atoms with Crippen LogP contribution in [0, 0.1) is 5.92 Å². The normalized spacial score (nSPS) is 14.6. The molecule has 0 aliphatic heterocycles. The summed E-state index contributed by atoms with van der Waals surface area (Å²) in [5.41, 5.74) is 0. The SMILES string of the molecule is CCC(CS)CN(C)CCS(C)(=O)=O. The number of thiol groups is 1. The van der Waals surface area contributed by atoms with Crippen LogP contribution in [-0.2, 0) is 9.84 Å². The number of hydrogen-bond donors (Lipinski definition) is 1. The lowest BCUT2D eigenvalue weighted by Gasteiger charge is -2.21. The van der Waals surface area contributed by atoms with Gasteiger partial charge in [0.2, 0.25) is 0 Å². The maximum atomic E-state index is 10.9. The molecule has 0 rings (SSSR count). The molecule has 0 fully saturated rings. The van der Waals surface area contributed by atoms with E-state index in [1.807, 2.05) is 7.05 Å². The molecule has 0 aromatic carbocycles. The van der Waals surface area contributed by atoms with Crippen LogP contribution < -0.4 is 0 Å². The maximum absolute atomic E-state index is 10.9. The summed E-state index contributed by atoms with van der Waals surface area (Å²) in [6, 6.07) is 0. The third kappa shape index (κ3) is 7.64. The van der Waals surface area contributed by atoms with Crippen LogP contribution in [0.4, 0.5) is 0 Å². The third-order valence-corrected chi connectivity index (χ3v) is 3.69. The van der Waals surface area contributed by atoms with E-state index in [0.29, 0.717) is 12.5 Å². The molecule has 0 saturated heterocycles. The van der Waals surface area contributed by atoms with Crippen LogP contribution in [0.1, 0.15) is 13.3 Å². The van der Waals surface area contributed by atoms with Crippen molar-refractivity contribution < 1.29 is 8.42 Å². The van der Waals surface area contributed by atoms with E-state index in [0.717, 1.165) is 18.7 Å². The Morgan fingerprint density at radius 1 is 1.43 bits per heavy atom. The van der Waals surface area contributed by atoms with E-state index >= 15 is 0 Å². The first-order chi connectivity index (χ1) is 6.39. The molecule has 86 valence electrons. The Kier molecular flexibility index (Phi) is 6.81. The molecular weight excluding hydrogens is 218 g/mol. The Hall–Kier alpha value is 0.260. The lowest BCUT2D eigenvalue weighted by atomic mass is 10.1. The van der Waals surface area contributed by atoms with E-state index in [2.05, 4.69) is 24.5 Å². The van der Waals surface area contributed by atoms with Gasteiger partial charge < -0.3 is 4.90 Å². The lowest BCUT2D eigenvalue weighted by molar-refractivity contribution is 0.299. The minimum absolute atomic E-state index is 0.243. The highest BCUT2D eigenvalue weighted by Gasteiger charge is 2.10. The van der Waals surface area contributed by atoms with Gasteiger partial charge in [-0.1, -0.05) is 13.3 Å². The summed E-state index contributed by atoms with van der Waals surface area (Å²) in [6.45, 7) is 3.67. The van der Waals surface area contributed by atoms with Crippen LogP contribution in [0.2, 0.25) is 0 Å². The van der Waals surface area contributed by atoms with Gasteiger partial charge in [0, 0.05) is 19.3 Å². The summed E-state index contributed by atoms with van der Waals surface area (Å²) in [4.78, 5) is 2.06. The van der Waals surface area contributed by atoms with E-state index in [-0.39, 0.29) is 5.75 Å².